The minimum Gasteiger partial charge on any atom is -0.406 e. The molecule has 0 aromatic heterocycles. The van der Waals surface area contributed by atoms with Crippen LogP contribution in [0.4, 0.5) is 30.7 Å². The molecule has 6 nitrogen and oxygen atoms in total. The van der Waals surface area contributed by atoms with E-state index >= 15 is 0 Å². The Morgan fingerprint density at radius 2 is 1.59 bits per heavy atom. The molecule has 0 fully saturated rings. The minimum absolute atomic E-state index is 0.292. The summed E-state index contributed by atoms with van der Waals surface area (Å²) in [5, 5.41) is 2.17. The molecular formula is C18H15F7N2O4S. The van der Waals surface area contributed by atoms with Gasteiger partial charge in [-0.2, -0.15) is 13.2 Å². The molecular weight excluding hydrogens is 473 g/mol. The number of carbonyl (C=O) groups excluding carboxylic acids is 1. The molecule has 0 heterocycles. The maximum Gasteiger partial charge on any atom is 0.573 e. The zero-order chi connectivity index (χ0) is 24.2. The third kappa shape index (κ3) is 7.67. The standard InChI is InChI=1S/C18H15F7N2O4S/c19-12-2-1-11(15(9-12)17(20,21)22)10-26-16(28)7-8-27-32(29,30)14-5-3-13(4-6-14)31-18(23,24)25/h1-6,9,27H,7-8,10H2,(H,26,28). The van der Waals surface area contributed by atoms with Crippen LogP contribution in [-0.4, -0.2) is 27.2 Å². The van der Waals surface area contributed by atoms with Gasteiger partial charge >= 0.3 is 12.5 Å². The van der Waals surface area contributed by atoms with E-state index in [0.29, 0.717) is 6.07 Å². The third-order valence-corrected chi connectivity index (χ3v) is 5.34. The highest BCUT2D eigenvalue weighted by Gasteiger charge is 2.34. The van der Waals surface area contributed by atoms with Crippen LogP contribution in [-0.2, 0) is 27.5 Å². The lowest BCUT2D eigenvalue weighted by atomic mass is 10.1. The summed E-state index contributed by atoms with van der Waals surface area (Å²) in [6, 6.07) is 5.25. The zero-order valence-corrected chi connectivity index (χ0v) is 16.7. The summed E-state index contributed by atoms with van der Waals surface area (Å²) in [5.41, 5.74) is -1.63. The summed E-state index contributed by atoms with van der Waals surface area (Å²) >= 11 is 0. The highest BCUT2D eigenvalue weighted by molar-refractivity contribution is 7.89. The summed E-state index contributed by atoms with van der Waals surface area (Å²) in [5.74, 6) is -2.52. The monoisotopic (exact) mass is 488 g/mol. The molecule has 1 amide bonds. The van der Waals surface area contributed by atoms with Crippen molar-refractivity contribution in [1.82, 2.24) is 10.0 Å². The summed E-state index contributed by atoms with van der Waals surface area (Å²) < 4.78 is 118. The van der Waals surface area contributed by atoms with E-state index in [1.807, 2.05) is 4.72 Å². The summed E-state index contributed by atoms with van der Waals surface area (Å²) in [4.78, 5) is 11.4. The van der Waals surface area contributed by atoms with Crippen LogP contribution < -0.4 is 14.8 Å². The first-order chi connectivity index (χ1) is 14.7. The second kappa shape index (κ2) is 9.73. The van der Waals surface area contributed by atoms with Crippen LogP contribution in [0.25, 0.3) is 0 Å². The van der Waals surface area contributed by atoms with Gasteiger partial charge in [0.05, 0.1) is 10.5 Å². The van der Waals surface area contributed by atoms with Gasteiger partial charge in [0.25, 0.3) is 0 Å². The van der Waals surface area contributed by atoms with Crippen molar-refractivity contribution in [3.8, 4) is 5.75 Å². The third-order valence-electron chi connectivity index (χ3n) is 3.87. The van der Waals surface area contributed by atoms with E-state index in [2.05, 4.69) is 10.1 Å². The Morgan fingerprint density at radius 1 is 0.969 bits per heavy atom. The molecule has 14 heteroatoms. The Kier molecular flexibility index (Phi) is 7.72. The second-order valence-electron chi connectivity index (χ2n) is 6.24. The summed E-state index contributed by atoms with van der Waals surface area (Å²) in [7, 11) is -4.17. The van der Waals surface area contributed by atoms with Gasteiger partial charge in [0.1, 0.15) is 11.6 Å². The highest BCUT2D eigenvalue weighted by Crippen LogP contribution is 2.32. The number of hydrogen-bond acceptors (Lipinski definition) is 4. The zero-order valence-electron chi connectivity index (χ0n) is 15.8. The quantitative estimate of drug-likeness (QED) is 0.555. The lowest BCUT2D eigenvalue weighted by Gasteiger charge is -2.14. The molecule has 32 heavy (non-hydrogen) atoms. The topological polar surface area (TPSA) is 84.5 Å². The number of ether oxygens (including phenoxy) is 1. The Morgan fingerprint density at radius 3 is 2.16 bits per heavy atom. The molecule has 0 spiro atoms. The molecule has 2 aromatic rings. The number of carbonyl (C=O) groups is 1. The number of amides is 1. The number of rotatable bonds is 8. The number of alkyl halides is 6. The molecule has 0 saturated heterocycles. The second-order valence-corrected chi connectivity index (χ2v) is 8.01. The van der Waals surface area contributed by atoms with Gasteiger partial charge in [0.15, 0.2) is 0 Å². The molecule has 2 N–H and O–H groups in total. The first-order valence-corrected chi connectivity index (χ1v) is 10.1. The van der Waals surface area contributed by atoms with Gasteiger partial charge in [-0.3, -0.25) is 4.79 Å². The maximum atomic E-state index is 13.1. The molecule has 0 unspecified atom stereocenters. The minimum atomic E-state index is -4.94. The lowest BCUT2D eigenvalue weighted by Crippen LogP contribution is -2.31. The fourth-order valence-electron chi connectivity index (χ4n) is 2.45. The van der Waals surface area contributed by atoms with Crippen molar-refractivity contribution in [1.29, 1.82) is 0 Å². The summed E-state index contributed by atoms with van der Waals surface area (Å²) in [6.45, 7) is -1.01. The van der Waals surface area contributed by atoms with Gasteiger partial charge in [-0.05, 0) is 42.0 Å². The van der Waals surface area contributed by atoms with Crippen molar-refractivity contribution < 1.29 is 48.7 Å². The van der Waals surface area contributed by atoms with Gasteiger partial charge in [-0.15, -0.1) is 13.2 Å². The van der Waals surface area contributed by atoms with Crippen LogP contribution in [0.1, 0.15) is 17.5 Å². The Hall–Kier alpha value is -2.87. The molecule has 0 aliphatic heterocycles. The van der Waals surface area contributed by atoms with Crippen molar-refractivity contribution in [2.75, 3.05) is 6.54 Å². The Labute approximate surface area is 177 Å². The van der Waals surface area contributed by atoms with Gasteiger partial charge in [-0.1, -0.05) is 6.07 Å². The van der Waals surface area contributed by atoms with Crippen LogP contribution in [0, 0.1) is 5.82 Å². The molecule has 0 atom stereocenters. The average molecular weight is 488 g/mol. The molecule has 0 aliphatic rings. The van der Waals surface area contributed by atoms with Crippen LogP contribution in [0.5, 0.6) is 5.75 Å². The van der Waals surface area contributed by atoms with Crippen LogP contribution in [0.15, 0.2) is 47.4 Å². The van der Waals surface area contributed by atoms with Crippen molar-refractivity contribution >= 4 is 15.9 Å². The highest BCUT2D eigenvalue weighted by atomic mass is 32.2. The van der Waals surface area contributed by atoms with Crippen molar-refractivity contribution in [2.45, 2.75) is 30.4 Å². The largest absolute Gasteiger partial charge is 0.573 e. The fraction of sp³-hybridized carbons (Fsp3) is 0.278. The maximum absolute atomic E-state index is 13.1. The summed E-state index contributed by atoms with van der Waals surface area (Å²) in [6.07, 6.45) is -10.2. The number of hydrogen-bond donors (Lipinski definition) is 2. The van der Waals surface area contributed by atoms with E-state index in [9.17, 15) is 43.9 Å². The van der Waals surface area contributed by atoms with E-state index in [-0.39, 0.29) is 5.56 Å². The van der Waals surface area contributed by atoms with E-state index < -0.39 is 70.0 Å². The number of sulfonamides is 1. The lowest BCUT2D eigenvalue weighted by molar-refractivity contribution is -0.274. The molecule has 0 saturated carbocycles. The van der Waals surface area contributed by atoms with E-state index in [1.165, 1.54) is 0 Å². The van der Waals surface area contributed by atoms with Gasteiger partial charge in [0, 0.05) is 19.5 Å². The van der Waals surface area contributed by atoms with E-state index in [1.54, 1.807) is 0 Å². The predicted molar refractivity (Wildman–Crippen MR) is 96.2 cm³/mol. The van der Waals surface area contributed by atoms with Gasteiger partial charge in [0.2, 0.25) is 15.9 Å². The Bertz CT molecular complexity index is 1050. The van der Waals surface area contributed by atoms with E-state index in [4.69, 9.17) is 0 Å². The first kappa shape index (κ1) is 25.4. The SMILES string of the molecule is O=C(CCNS(=O)(=O)c1ccc(OC(F)(F)F)cc1)NCc1ccc(F)cc1C(F)(F)F. The van der Waals surface area contributed by atoms with Crippen LogP contribution >= 0.6 is 0 Å². The van der Waals surface area contributed by atoms with Crippen LogP contribution in [0.3, 0.4) is 0 Å². The molecule has 2 aromatic carbocycles. The smallest absolute Gasteiger partial charge is 0.406 e. The fourth-order valence-corrected chi connectivity index (χ4v) is 3.48. The van der Waals surface area contributed by atoms with Crippen LogP contribution in [0.2, 0.25) is 0 Å². The molecule has 176 valence electrons. The normalized spacial score (nSPS) is 12.5. The molecule has 0 radical (unpaired) electrons. The number of benzene rings is 2. The van der Waals surface area contributed by atoms with Gasteiger partial charge in [-0.25, -0.2) is 17.5 Å². The molecule has 0 aliphatic carbocycles. The molecule has 0 bridgehead atoms. The predicted octanol–water partition coefficient (Wildman–Crippen LogP) is 3.73. The average Bonchev–Trinajstić information content (AvgIpc) is 2.65. The number of halogens is 7. The number of nitrogens with one attached hydrogen (secondary N) is 2. The van der Waals surface area contributed by atoms with Crippen molar-refractivity contribution in [3.63, 3.8) is 0 Å². The van der Waals surface area contributed by atoms with Gasteiger partial charge < -0.3 is 10.1 Å². The Balaban J connectivity index is 1.89. The first-order valence-electron chi connectivity index (χ1n) is 8.65. The van der Waals surface area contributed by atoms with E-state index in [0.717, 1.165) is 36.4 Å². The van der Waals surface area contributed by atoms with Crippen molar-refractivity contribution in [2.24, 2.45) is 0 Å². The molecule has 2 rings (SSSR count). The van der Waals surface area contributed by atoms with Crippen molar-refractivity contribution in [3.05, 3.63) is 59.4 Å².